The summed E-state index contributed by atoms with van der Waals surface area (Å²) in [5.74, 6) is -2.47. The number of hydrogen-bond donors (Lipinski definition) is 1. The molecule has 1 N–H and O–H groups in total. The molecule has 7 heteroatoms. The Hall–Kier alpha value is -1.34. The highest BCUT2D eigenvalue weighted by Gasteiger charge is 2.23. The number of urea groups is 1. The van der Waals surface area contributed by atoms with Crippen LogP contribution < -0.4 is 5.32 Å². The van der Waals surface area contributed by atoms with Crippen LogP contribution in [0.4, 0.5) is 19.3 Å². The van der Waals surface area contributed by atoms with Crippen LogP contribution in [0.2, 0.25) is 0 Å². The molecule has 1 aromatic rings. The first-order valence-corrected chi connectivity index (χ1v) is 8.19. The van der Waals surface area contributed by atoms with Gasteiger partial charge in [-0.05, 0) is 38.0 Å². The fourth-order valence-electron chi connectivity index (χ4n) is 2.45. The first kappa shape index (κ1) is 17.0. The minimum atomic E-state index is -2.47. The van der Waals surface area contributed by atoms with Crippen LogP contribution in [-0.2, 0) is 4.74 Å². The van der Waals surface area contributed by atoms with Crippen LogP contribution in [0.15, 0.2) is 29.2 Å². The smallest absolute Gasteiger partial charge is 0.321 e. The number of anilines is 1. The highest BCUT2D eigenvalue weighted by molar-refractivity contribution is 7.99. The molecule has 0 aliphatic carbocycles. The summed E-state index contributed by atoms with van der Waals surface area (Å²) >= 11 is 0.464. The van der Waals surface area contributed by atoms with Crippen LogP contribution in [-0.4, -0.2) is 42.5 Å². The zero-order valence-electron chi connectivity index (χ0n) is 12.4. The Kier molecular flexibility index (Phi) is 6.45. The number of halogens is 2. The third-order valence-corrected chi connectivity index (χ3v) is 4.08. The lowest BCUT2D eigenvalue weighted by Gasteiger charge is -2.32. The number of alkyl halides is 2. The second kappa shape index (κ2) is 8.33. The predicted octanol–water partition coefficient (Wildman–Crippen LogP) is 4.03. The summed E-state index contributed by atoms with van der Waals surface area (Å²) in [5, 5.41) is 2.76. The maximum atomic E-state index is 12.4. The van der Waals surface area contributed by atoms with Crippen LogP contribution in [0, 0.1) is 0 Å². The molecule has 0 spiro atoms. The van der Waals surface area contributed by atoms with Gasteiger partial charge in [0.15, 0.2) is 0 Å². The van der Waals surface area contributed by atoms with Crippen molar-refractivity contribution < 1.29 is 18.3 Å². The van der Waals surface area contributed by atoms with Crippen molar-refractivity contribution in [3.63, 3.8) is 0 Å². The molecule has 0 aromatic heterocycles. The molecule has 1 atom stereocenters. The zero-order chi connectivity index (χ0) is 15.9. The maximum Gasteiger partial charge on any atom is 0.321 e. The number of benzene rings is 1. The third kappa shape index (κ3) is 5.14. The molecule has 1 aromatic carbocycles. The van der Waals surface area contributed by atoms with Crippen molar-refractivity contribution in [1.82, 2.24) is 4.90 Å². The minimum absolute atomic E-state index is 0.0743. The lowest BCUT2D eigenvalue weighted by Crippen LogP contribution is -2.45. The average molecular weight is 330 g/mol. The Labute approximate surface area is 133 Å². The van der Waals surface area contributed by atoms with E-state index >= 15 is 0 Å². The molecule has 122 valence electrons. The standard InChI is InChI=1S/C15H20F2N2O2S/c1-2-21-12-6-4-8-19(10-12)15(20)18-11-5-3-7-13(9-11)22-14(16)17/h3,5,7,9,12,14H,2,4,6,8,10H2,1H3,(H,18,20)/t12-/m0/s1. The largest absolute Gasteiger partial charge is 0.377 e. The molecule has 22 heavy (non-hydrogen) atoms. The first-order chi connectivity index (χ1) is 10.6. The molecule has 1 aliphatic heterocycles. The number of piperidine rings is 1. The highest BCUT2D eigenvalue weighted by atomic mass is 32.2. The zero-order valence-corrected chi connectivity index (χ0v) is 13.2. The summed E-state index contributed by atoms with van der Waals surface area (Å²) in [4.78, 5) is 14.4. The molecule has 0 radical (unpaired) electrons. The van der Waals surface area contributed by atoms with Gasteiger partial charge in [-0.3, -0.25) is 0 Å². The maximum absolute atomic E-state index is 12.4. The van der Waals surface area contributed by atoms with Crippen molar-refractivity contribution in [2.75, 3.05) is 25.0 Å². The lowest BCUT2D eigenvalue weighted by molar-refractivity contribution is 0.0181. The van der Waals surface area contributed by atoms with Crippen LogP contribution in [0.25, 0.3) is 0 Å². The Balaban J connectivity index is 1.93. The molecule has 1 heterocycles. The van der Waals surface area contributed by atoms with Gasteiger partial charge in [-0.15, -0.1) is 0 Å². The number of hydrogen-bond acceptors (Lipinski definition) is 3. The monoisotopic (exact) mass is 330 g/mol. The van der Waals surface area contributed by atoms with E-state index in [-0.39, 0.29) is 12.1 Å². The summed E-state index contributed by atoms with van der Waals surface area (Å²) < 4.78 is 30.3. The number of likely N-dealkylation sites (tertiary alicyclic amines) is 1. The van der Waals surface area contributed by atoms with Crippen molar-refractivity contribution >= 4 is 23.5 Å². The Bertz CT molecular complexity index is 500. The number of amides is 2. The quantitative estimate of drug-likeness (QED) is 0.829. The summed E-state index contributed by atoms with van der Waals surface area (Å²) in [6.45, 7) is 3.81. The van der Waals surface area contributed by atoms with Gasteiger partial charge in [0.05, 0.1) is 6.10 Å². The number of nitrogens with zero attached hydrogens (tertiary/aromatic N) is 1. The van der Waals surface area contributed by atoms with E-state index in [0.29, 0.717) is 42.0 Å². The molecule has 0 bridgehead atoms. The fourth-order valence-corrected chi connectivity index (χ4v) is 3.00. The summed E-state index contributed by atoms with van der Waals surface area (Å²) in [7, 11) is 0. The molecule has 2 amide bonds. The van der Waals surface area contributed by atoms with Crippen molar-refractivity contribution in [1.29, 1.82) is 0 Å². The molecular weight excluding hydrogens is 310 g/mol. The second-order valence-corrected chi connectivity index (χ2v) is 6.07. The normalized spacial score (nSPS) is 18.5. The van der Waals surface area contributed by atoms with E-state index < -0.39 is 5.76 Å². The number of nitrogens with one attached hydrogen (secondary N) is 1. The Morgan fingerprint density at radius 1 is 1.55 bits per heavy atom. The van der Waals surface area contributed by atoms with Crippen LogP contribution in [0.5, 0.6) is 0 Å². The van der Waals surface area contributed by atoms with Gasteiger partial charge >= 0.3 is 6.03 Å². The van der Waals surface area contributed by atoms with Crippen molar-refractivity contribution in [3.05, 3.63) is 24.3 Å². The van der Waals surface area contributed by atoms with Crippen LogP contribution in [0.1, 0.15) is 19.8 Å². The molecule has 4 nitrogen and oxygen atoms in total. The number of carbonyl (C=O) groups excluding carboxylic acids is 1. The fraction of sp³-hybridized carbons (Fsp3) is 0.533. The van der Waals surface area contributed by atoms with E-state index in [1.807, 2.05) is 6.92 Å². The van der Waals surface area contributed by atoms with Crippen LogP contribution in [0.3, 0.4) is 0 Å². The van der Waals surface area contributed by atoms with Crippen molar-refractivity contribution in [3.8, 4) is 0 Å². The molecular formula is C15H20F2N2O2S. The Morgan fingerprint density at radius 2 is 2.36 bits per heavy atom. The van der Waals surface area contributed by atoms with Crippen molar-refractivity contribution in [2.45, 2.75) is 36.5 Å². The number of rotatable bonds is 5. The van der Waals surface area contributed by atoms with E-state index in [2.05, 4.69) is 5.32 Å². The van der Waals surface area contributed by atoms with Gasteiger partial charge in [-0.2, -0.15) is 8.78 Å². The molecule has 2 rings (SSSR count). The molecule has 1 aliphatic rings. The first-order valence-electron chi connectivity index (χ1n) is 7.31. The van der Waals surface area contributed by atoms with E-state index in [0.717, 1.165) is 12.8 Å². The third-order valence-electron chi connectivity index (χ3n) is 3.38. The SMILES string of the molecule is CCO[C@H]1CCCN(C(=O)Nc2cccc(SC(F)F)c2)C1. The van der Waals surface area contributed by atoms with Gasteiger partial charge in [0, 0.05) is 30.3 Å². The van der Waals surface area contributed by atoms with Crippen molar-refractivity contribution in [2.24, 2.45) is 0 Å². The summed E-state index contributed by atoms with van der Waals surface area (Å²) in [6.07, 6.45) is 1.93. The molecule has 0 unspecified atom stereocenters. The van der Waals surface area contributed by atoms with Gasteiger partial charge in [0.1, 0.15) is 0 Å². The van der Waals surface area contributed by atoms with Gasteiger partial charge < -0.3 is 15.0 Å². The number of carbonyl (C=O) groups is 1. The molecule has 1 fully saturated rings. The van der Waals surface area contributed by atoms with E-state index in [4.69, 9.17) is 4.74 Å². The summed E-state index contributed by atoms with van der Waals surface area (Å²) in [6, 6.07) is 6.28. The predicted molar refractivity (Wildman–Crippen MR) is 83.5 cm³/mol. The lowest BCUT2D eigenvalue weighted by atomic mass is 10.1. The number of ether oxygens (including phenoxy) is 1. The highest BCUT2D eigenvalue weighted by Crippen LogP contribution is 2.27. The van der Waals surface area contributed by atoms with Gasteiger partial charge in [0.25, 0.3) is 5.76 Å². The Morgan fingerprint density at radius 3 is 3.09 bits per heavy atom. The van der Waals surface area contributed by atoms with Crippen LogP contribution >= 0.6 is 11.8 Å². The minimum Gasteiger partial charge on any atom is -0.377 e. The van der Waals surface area contributed by atoms with Gasteiger partial charge in [-0.1, -0.05) is 17.8 Å². The van der Waals surface area contributed by atoms with E-state index in [9.17, 15) is 13.6 Å². The average Bonchev–Trinajstić information content (AvgIpc) is 2.47. The topological polar surface area (TPSA) is 41.6 Å². The second-order valence-electron chi connectivity index (χ2n) is 5.00. The van der Waals surface area contributed by atoms with E-state index in [1.54, 1.807) is 29.2 Å². The number of thioether (sulfide) groups is 1. The van der Waals surface area contributed by atoms with E-state index in [1.165, 1.54) is 0 Å². The molecule has 0 saturated carbocycles. The van der Waals surface area contributed by atoms with Gasteiger partial charge in [0.2, 0.25) is 0 Å². The summed E-state index contributed by atoms with van der Waals surface area (Å²) in [5.41, 5.74) is 0.522. The molecule has 1 saturated heterocycles. The van der Waals surface area contributed by atoms with Gasteiger partial charge in [-0.25, -0.2) is 4.79 Å².